The van der Waals surface area contributed by atoms with Gasteiger partial charge in [0.05, 0.1) is 16.8 Å². The Balaban J connectivity index is 1.74. The van der Waals surface area contributed by atoms with E-state index in [2.05, 4.69) is 20.6 Å². The van der Waals surface area contributed by atoms with Crippen molar-refractivity contribution in [1.82, 2.24) is 9.97 Å². The van der Waals surface area contributed by atoms with Gasteiger partial charge in [0.1, 0.15) is 6.07 Å². The number of nitrogens with one attached hydrogen (secondary N) is 2. The van der Waals surface area contributed by atoms with Crippen LogP contribution in [0.3, 0.4) is 0 Å². The van der Waals surface area contributed by atoms with Crippen molar-refractivity contribution in [3.05, 3.63) is 77.1 Å². The van der Waals surface area contributed by atoms with Gasteiger partial charge in [-0.15, -0.1) is 0 Å². The monoisotopic (exact) mass is 343 g/mol. The lowest BCUT2D eigenvalue weighted by Gasteiger charge is -2.10. The van der Waals surface area contributed by atoms with Gasteiger partial charge in [0.2, 0.25) is 5.95 Å². The first-order chi connectivity index (χ1) is 12.6. The number of anilines is 3. The zero-order chi connectivity index (χ0) is 18.5. The van der Waals surface area contributed by atoms with Gasteiger partial charge in [-0.3, -0.25) is 4.79 Å². The van der Waals surface area contributed by atoms with E-state index in [-0.39, 0.29) is 5.91 Å². The van der Waals surface area contributed by atoms with Crippen LogP contribution < -0.4 is 10.6 Å². The zero-order valence-electron chi connectivity index (χ0n) is 14.4. The average Bonchev–Trinajstić information content (AvgIpc) is 2.66. The molecule has 0 fully saturated rings. The number of hydrogen-bond donors (Lipinski definition) is 2. The lowest BCUT2D eigenvalue weighted by Crippen LogP contribution is -2.14. The number of benzene rings is 2. The normalized spacial score (nSPS) is 10.0. The summed E-state index contributed by atoms with van der Waals surface area (Å²) < 4.78 is 0. The van der Waals surface area contributed by atoms with E-state index in [1.165, 1.54) is 18.0 Å². The highest BCUT2D eigenvalue weighted by atomic mass is 16.1. The second kappa shape index (κ2) is 7.45. The summed E-state index contributed by atoms with van der Waals surface area (Å²) in [5.41, 5.74) is 4.37. The molecule has 26 heavy (non-hydrogen) atoms. The Bertz CT molecular complexity index is 990. The first-order valence-electron chi connectivity index (χ1n) is 8.04. The third-order valence-electron chi connectivity index (χ3n) is 4.06. The van der Waals surface area contributed by atoms with Gasteiger partial charge in [-0.1, -0.05) is 24.3 Å². The summed E-state index contributed by atoms with van der Waals surface area (Å²) >= 11 is 0. The first-order valence-corrected chi connectivity index (χ1v) is 8.04. The highest BCUT2D eigenvalue weighted by Gasteiger charge is 2.10. The molecule has 0 saturated carbocycles. The maximum Gasteiger partial charge on any atom is 0.258 e. The van der Waals surface area contributed by atoms with E-state index in [4.69, 9.17) is 5.26 Å². The van der Waals surface area contributed by atoms with E-state index in [0.29, 0.717) is 22.8 Å². The van der Waals surface area contributed by atoms with Gasteiger partial charge in [-0.25, -0.2) is 9.97 Å². The van der Waals surface area contributed by atoms with Crippen LogP contribution in [0.5, 0.6) is 0 Å². The van der Waals surface area contributed by atoms with E-state index < -0.39 is 0 Å². The summed E-state index contributed by atoms with van der Waals surface area (Å²) in [6, 6.07) is 14.8. The molecule has 128 valence electrons. The van der Waals surface area contributed by atoms with E-state index in [0.717, 1.165) is 11.3 Å². The predicted molar refractivity (Wildman–Crippen MR) is 100 cm³/mol. The SMILES string of the molecule is Cc1cccc(Nc2ncc(C(=O)Nc3ccccc3C#N)cn2)c1C. The molecule has 0 aliphatic carbocycles. The number of carbonyl (C=O) groups excluding carboxylic acids is 1. The zero-order valence-corrected chi connectivity index (χ0v) is 14.4. The van der Waals surface area contributed by atoms with Gasteiger partial charge < -0.3 is 10.6 Å². The van der Waals surface area contributed by atoms with Crippen LogP contribution in [-0.4, -0.2) is 15.9 Å². The lowest BCUT2D eigenvalue weighted by molar-refractivity contribution is 0.102. The fourth-order valence-electron chi connectivity index (χ4n) is 2.40. The molecule has 2 aromatic carbocycles. The summed E-state index contributed by atoms with van der Waals surface area (Å²) in [5, 5.41) is 14.9. The van der Waals surface area contributed by atoms with Crippen molar-refractivity contribution in [3.8, 4) is 6.07 Å². The topological polar surface area (TPSA) is 90.7 Å². The van der Waals surface area contributed by atoms with E-state index in [1.807, 2.05) is 38.1 Å². The van der Waals surface area contributed by atoms with Crippen LogP contribution in [0.4, 0.5) is 17.3 Å². The summed E-state index contributed by atoms with van der Waals surface area (Å²) in [5.74, 6) is 0.0404. The summed E-state index contributed by atoms with van der Waals surface area (Å²) in [4.78, 5) is 20.7. The Hall–Kier alpha value is -3.72. The molecule has 6 heteroatoms. The lowest BCUT2D eigenvalue weighted by atomic mass is 10.1. The van der Waals surface area contributed by atoms with Crippen molar-refractivity contribution < 1.29 is 4.79 Å². The predicted octanol–water partition coefficient (Wildman–Crippen LogP) is 3.96. The second-order valence-corrected chi connectivity index (χ2v) is 5.78. The molecule has 0 aliphatic heterocycles. The third kappa shape index (κ3) is 3.68. The molecule has 3 aromatic rings. The minimum absolute atomic E-state index is 0.309. The van der Waals surface area contributed by atoms with Crippen LogP contribution in [0.2, 0.25) is 0 Å². The fourth-order valence-corrected chi connectivity index (χ4v) is 2.40. The largest absolute Gasteiger partial charge is 0.324 e. The van der Waals surface area contributed by atoms with Gasteiger partial charge in [0.25, 0.3) is 5.91 Å². The smallest absolute Gasteiger partial charge is 0.258 e. The number of hydrogen-bond acceptors (Lipinski definition) is 5. The number of aromatic nitrogens is 2. The molecule has 0 unspecified atom stereocenters. The standard InChI is InChI=1S/C20H17N5O/c1-13-6-5-9-17(14(13)2)25-20-22-11-16(12-23-20)19(26)24-18-8-4-3-7-15(18)10-21/h3-9,11-12H,1-2H3,(H,24,26)(H,22,23,25). The minimum atomic E-state index is -0.369. The molecule has 2 N–H and O–H groups in total. The molecule has 0 radical (unpaired) electrons. The van der Waals surface area contributed by atoms with Crippen LogP contribution in [0.25, 0.3) is 0 Å². The maximum atomic E-state index is 12.3. The summed E-state index contributed by atoms with van der Waals surface area (Å²) in [6.07, 6.45) is 2.90. The molecule has 0 saturated heterocycles. The van der Waals surface area contributed by atoms with E-state index >= 15 is 0 Å². The second-order valence-electron chi connectivity index (χ2n) is 5.78. The highest BCUT2D eigenvalue weighted by Crippen LogP contribution is 2.21. The quantitative estimate of drug-likeness (QED) is 0.748. The maximum absolute atomic E-state index is 12.3. The Labute approximate surface area is 151 Å². The van der Waals surface area contributed by atoms with Gasteiger partial charge in [-0.2, -0.15) is 5.26 Å². The van der Waals surface area contributed by atoms with Crippen LogP contribution in [-0.2, 0) is 0 Å². The Kier molecular flexibility index (Phi) is 4.90. The average molecular weight is 343 g/mol. The van der Waals surface area contributed by atoms with Crippen molar-refractivity contribution in [3.63, 3.8) is 0 Å². The molecule has 0 bridgehead atoms. The van der Waals surface area contributed by atoms with Gasteiger partial charge in [0, 0.05) is 18.1 Å². The number of nitrogens with zero attached hydrogens (tertiary/aromatic N) is 3. The third-order valence-corrected chi connectivity index (χ3v) is 4.06. The number of carbonyl (C=O) groups is 1. The number of para-hydroxylation sites is 1. The van der Waals surface area contributed by atoms with Crippen molar-refractivity contribution >= 4 is 23.2 Å². The van der Waals surface area contributed by atoms with Gasteiger partial charge in [-0.05, 0) is 43.2 Å². The summed E-state index contributed by atoms with van der Waals surface area (Å²) in [7, 11) is 0. The van der Waals surface area contributed by atoms with Crippen molar-refractivity contribution in [1.29, 1.82) is 5.26 Å². The fraction of sp³-hybridized carbons (Fsp3) is 0.100. The number of amides is 1. The minimum Gasteiger partial charge on any atom is -0.324 e. The number of aryl methyl sites for hydroxylation is 1. The molecule has 0 aliphatic rings. The highest BCUT2D eigenvalue weighted by molar-refractivity contribution is 6.04. The van der Waals surface area contributed by atoms with Gasteiger partial charge in [0.15, 0.2) is 0 Å². The molecular formula is C20H17N5O. The number of rotatable bonds is 4. The van der Waals surface area contributed by atoms with Crippen LogP contribution in [0.1, 0.15) is 27.0 Å². The van der Waals surface area contributed by atoms with Crippen LogP contribution in [0, 0.1) is 25.2 Å². The molecular weight excluding hydrogens is 326 g/mol. The first kappa shape index (κ1) is 17.1. The number of nitriles is 1. The van der Waals surface area contributed by atoms with Crippen molar-refractivity contribution in [2.45, 2.75) is 13.8 Å². The molecule has 3 rings (SSSR count). The molecule has 6 nitrogen and oxygen atoms in total. The van der Waals surface area contributed by atoms with Crippen molar-refractivity contribution in [2.75, 3.05) is 10.6 Å². The van der Waals surface area contributed by atoms with E-state index in [9.17, 15) is 4.79 Å². The molecule has 1 heterocycles. The van der Waals surface area contributed by atoms with Gasteiger partial charge >= 0.3 is 0 Å². The summed E-state index contributed by atoms with van der Waals surface area (Å²) in [6.45, 7) is 4.06. The van der Waals surface area contributed by atoms with Crippen molar-refractivity contribution in [2.24, 2.45) is 0 Å². The molecule has 1 amide bonds. The molecule has 0 atom stereocenters. The van der Waals surface area contributed by atoms with Crippen LogP contribution >= 0.6 is 0 Å². The Morgan fingerprint density at radius 1 is 1.00 bits per heavy atom. The van der Waals surface area contributed by atoms with Crippen LogP contribution in [0.15, 0.2) is 54.9 Å². The van der Waals surface area contributed by atoms with E-state index in [1.54, 1.807) is 24.3 Å². The molecule has 0 spiro atoms. The molecule has 1 aromatic heterocycles. The Morgan fingerprint density at radius 3 is 2.42 bits per heavy atom. The Morgan fingerprint density at radius 2 is 1.69 bits per heavy atom.